The minimum absolute atomic E-state index is 0.510. The van der Waals surface area contributed by atoms with E-state index in [2.05, 4.69) is 107 Å². The van der Waals surface area contributed by atoms with Gasteiger partial charge in [0.2, 0.25) is 0 Å². The quantitative estimate of drug-likeness (QED) is 0.348. The average molecular weight is 454 g/mol. The molecule has 33 heavy (non-hydrogen) atoms. The Morgan fingerprint density at radius 1 is 0.606 bits per heavy atom. The summed E-state index contributed by atoms with van der Waals surface area (Å²) < 4.78 is 12.3. The topological polar surface area (TPSA) is 40.7 Å². The molecule has 0 aliphatic rings. The van der Waals surface area contributed by atoms with Gasteiger partial charge in [0.15, 0.2) is 0 Å². The van der Waals surface area contributed by atoms with Crippen LogP contribution in [0.3, 0.4) is 0 Å². The Morgan fingerprint density at radius 3 is 1.30 bits per heavy atom. The molecule has 3 aromatic rings. The van der Waals surface area contributed by atoms with Crippen LogP contribution in [-0.2, 0) is 0 Å². The summed E-state index contributed by atoms with van der Waals surface area (Å²) in [5.74, 6) is 1.82. The number of aromatic amines is 1. The van der Waals surface area contributed by atoms with Crippen molar-refractivity contribution in [3.63, 3.8) is 0 Å². The van der Waals surface area contributed by atoms with Crippen molar-refractivity contribution in [2.24, 2.45) is 0 Å². The first-order valence-electron chi connectivity index (χ1n) is 12.5. The summed E-state index contributed by atoms with van der Waals surface area (Å²) in [5, 5.41) is 2.34. The fourth-order valence-corrected chi connectivity index (χ4v) is 4.80. The summed E-state index contributed by atoms with van der Waals surface area (Å²) in [6, 6.07) is 14.7. The lowest BCUT2D eigenvalue weighted by Gasteiger charge is -2.30. The lowest BCUT2D eigenvalue weighted by atomic mass is 10.1. The Balaban J connectivity index is 1.70. The number of fused-ring (bicyclic) bond motifs is 3. The van der Waals surface area contributed by atoms with E-state index in [1.54, 1.807) is 0 Å². The molecule has 5 heteroatoms. The van der Waals surface area contributed by atoms with E-state index in [1.807, 2.05) is 0 Å². The standard InChI is InChI=1S/C28H43N3O2/c1-19(2)30(20(3)4)13-15-32-23-9-11-27-25(17-23)26-18-24(10-12-28(26)29-27)33-16-14-31(21(5)6)22(7)8/h9-12,17-22,29H,13-16H2,1-8H3. The van der Waals surface area contributed by atoms with Crippen LogP contribution in [0.15, 0.2) is 36.4 Å². The Hall–Kier alpha value is -2.24. The summed E-state index contributed by atoms with van der Waals surface area (Å²) >= 11 is 0. The van der Waals surface area contributed by atoms with Gasteiger partial charge >= 0.3 is 0 Å². The van der Waals surface area contributed by atoms with Gasteiger partial charge in [-0.25, -0.2) is 0 Å². The van der Waals surface area contributed by atoms with Crippen LogP contribution < -0.4 is 9.47 Å². The first-order valence-corrected chi connectivity index (χ1v) is 12.5. The minimum Gasteiger partial charge on any atom is -0.492 e. The molecule has 0 aliphatic carbocycles. The van der Waals surface area contributed by atoms with Crippen LogP contribution in [0, 0.1) is 0 Å². The van der Waals surface area contributed by atoms with Crippen molar-refractivity contribution in [2.45, 2.75) is 79.6 Å². The number of hydrogen-bond donors (Lipinski definition) is 1. The first-order chi connectivity index (χ1) is 15.7. The number of hydrogen-bond acceptors (Lipinski definition) is 4. The maximum atomic E-state index is 6.14. The van der Waals surface area contributed by atoms with Crippen LogP contribution >= 0.6 is 0 Å². The molecule has 3 rings (SSSR count). The van der Waals surface area contributed by atoms with Crippen molar-refractivity contribution in [3.8, 4) is 11.5 Å². The molecule has 0 amide bonds. The second-order valence-corrected chi connectivity index (χ2v) is 10.1. The van der Waals surface area contributed by atoms with Gasteiger partial charge in [0.05, 0.1) is 0 Å². The molecular formula is C28H43N3O2. The van der Waals surface area contributed by atoms with Crippen molar-refractivity contribution in [1.29, 1.82) is 0 Å². The summed E-state index contributed by atoms with van der Waals surface area (Å²) in [7, 11) is 0. The number of nitrogens with one attached hydrogen (secondary N) is 1. The molecule has 1 heterocycles. The lowest BCUT2D eigenvalue weighted by molar-refractivity contribution is 0.142. The van der Waals surface area contributed by atoms with Crippen molar-refractivity contribution < 1.29 is 9.47 Å². The Kier molecular flexibility index (Phi) is 8.66. The summed E-state index contributed by atoms with van der Waals surface area (Å²) in [6.07, 6.45) is 0. The van der Waals surface area contributed by atoms with Crippen LogP contribution in [0.4, 0.5) is 0 Å². The van der Waals surface area contributed by atoms with Gasteiger partial charge in [-0.15, -0.1) is 0 Å². The zero-order chi connectivity index (χ0) is 24.1. The molecule has 0 saturated carbocycles. The second-order valence-electron chi connectivity index (χ2n) is 10.1. The second kappa shape index (κ2) is 11.3. The molecular weight excluding hydrogens is 410 g/mol. The Bertz CT molecular complexity index is 926. The number of benzene rings is 2. The minimum atomic E-state index is 0.510. The summed E-state index contributed by atoms with van der Waals surface area (Å²) in [4.78, 5) is 8.42. The SMILES string of the molecule is CC(C)N(CCOc1ccc2[nH]c3ccc(OCCN(C(C)C)C(C)C)cc3c2c1)C(C)C. The van der Waals surface area contributed by atoms with Crippen molar-refractivity contribution in [2.75, 3.05) is 26.3 Å². The molecule has 0 atom stereocenters. The monoisotopic (exact) mass is 453 g/mol. The molecule has 0 radical (unpaired) electrons. The highest BCUT2D eigenvalue weighted by atomic mass is 16.5. The van der Waals surface area contributed by atoms with Crippen LogP contribution in [0.1, 0.15) is 55.4 Å². The van der Waals surface area contributed by atoms with Gasteiger partial charge in [0.25, 0.3) is 0 Å². The van der Waals surface area contributed by atoms with Crippen LogP contribution in [0.25, 0.3) is 21.8 Å². The predicted octanol–water partition coefficient (Wildman–Crippen LogP) is 6.32. The van der Waals surface area contributed by atoms with E-state index in [-0.39, 0.29) is 0 Å². The fraction of sp³-hybridized carbons (Fsp3) is 0.571. The van der Waals surface area contributed by atoms with Crippen molar-refractivity contribution in [1.82, 2.24) is 14.8 Å². The van der Waals surface area contributed by atoms with Gasteiger partial charge in [0, 0.05) is 59.1 Å². The number of nitrogens with zero attached hydrogens (tertiary/aromatic N) is 2. The highest BCUT2D eigenvalue weighted by Crippen LogP contribution is 2.31. The number of H-pyrrole nitrogens is 1. The maximum Gasteiger partial charge on any atom is 0.120 e. The third kappa shape index (κ3) is 6.42. The number of aromatic nitrogens is 1. The molecule has 0 unspecified atom stereocenters. The van der Waals surface area contributed by atoms with E-state index in [1.165, 1.54) is 10.8 Å². The predicted molar refractivity (Wildman–Crippen MR) is 141 cm³/mol. The van der Waals surface area contributed by atoms with Crippen LogP contribution in [0.2, 0.25) is 0 Å². The van der Waals surface area contributed by atoms with Gasteiger partial charge in [-0.05, 0) is 91.8 Å². The van der Waals surface area contributed by atoms with E-state index in [4.69, 9.17) is 9.47 Å². The van der Waals surface area contributed by atoms with E-state index in [9.17, 15) is 0 Å². The average Bonchev–Trinajstić information content (AvgIpc) is 3.10. The third-order valence-corrected chi connectivity index (χ3v) is 6.43. The number of ether oxygens (including phenoxy) is 2. The maximum absolute atomic E-state index is 6.14. The van der Waals surface area contributed by atoms with Gasteiger partial charge in [0.1, 0.15) is 24.7 Å². The fourth-order valence-electron chi connectivity index (χ4n) is 4.80. The zero-order valence-electron chi connectivity index (χ0n) is 21.8. The molecule has 0 bridgehead atoms. The van der Waals surface area contributed by atoms with E-state index < -0.39 is 0 Å². The normalized spacial score (nSPS) is 12.5. The Labute approximate surface area is 200 Å². The van der Waals surface area contributed by atoms with Gasteiger partial charge in [-0.2, -0.15) is 0 Å². The molecule has 0 fully saturated rings. The smallest absolute Gasteiger partial charge is 0.120 e. The van der Waals surface area contributed by atoms with Crippen LogP contribution in [0.5, 0.6) is 11.5 Å². The Morgan fingerprint density at radius 2 is 0.970 bits per heavy atom. The largest absolute Gasteiger partial charge is 0.492 e. The molecule has 0 saturated heterocycles. The molecule has 2 aromatic carbocycles. The van der Waals surface area contributed by atoms with E-state index in [0.717, 1.165) is 35.6 Å². The molecule has 182 valence electrons. The first kappa shape index (κ1) is 25.4. The van der Waals surface area contributed by atoms with Crippen molar-refractivity contribution >= 4 is 21.8 Å². The van der Waals surface area contributed by atoms with E-state index >= 15 is 0 Å². The van der Waals surface area contributed by atoms with Gasteiger partial charge in [-0.1, -0.05) is 0 Å². The highest BCUT2D eigenvalue weighted by Gasteiger charge is 2.14. The van der Waals surface area contributed by atoms with E-state index in [0.29, 0.717) is 37.4 Å². The van der Waals surface area contributed by atoms with Crippen LogP contribution in [-0.4, -0.2) is 65.3 Å². The van der Waals surface area contributed by atoms with Crippen molar-refractivity contribution in [3.05, 3.63) is 36.4 Å². The third-order valence-electron chi connectivity index (χ3n) is 6.43. The highest BCUT2D eigenvalue weighted by molar-refractivity contribution is 6.08. The molecule has 1 aromatic heterocycles. The summed E-state index contributed by atoms with van der Waals surface area (Å²) in [6.45, 7) is 21.1. The van der Waals surface area contributed by atoms with Gasteiger partial charge < -0.3 is 14.5 Å². The molecule has 5 nitrogen and oxygen atoms in total. The molecule has 0 spiro atoms. The molecule has 1 N–H and O–H groups in total. The molecule has 0 aliphatic heterocycles. The van der Waals surface area contributed by atoms with Gasteiger partial charge in [-0.3, -0.25) is 9.80 Å². The zero-order valence-corrected chi connectivity index (χ0v) is 21.8. The summed E-state index contributed by atoms with van der Waals surface area (Å²) in [5.41, 5.74) is 2.23. The number of rotatable bonds is 12. The lowest BCUT2D eigenvalue weighted by Crippen LogP contribution is -2.39.